The van der Waals surface area contributed by atoms with E-state index in [1.807, 2.05) is 53.6 Å². The van der Waals surface area contributed by atoms with E-state index in [2.05, 4.69) is 16.7 Å². The molecule has 1 aliphatic heterocycles. The molecule has 0 spiro atoms. The molecule has 0 radical (unpaired) electrons. The molecule has 0 bridgehead atoms. The van der Waals surface area contributed by atoms with Crippen molar-refractivity contribution >= 4 is 22.8 Å². The Hall–Kier alpha value is -3.28. The van der Waals surface area contributed by atoms with Crippen LogP contribution in [0.15, 0.2) is 60.8 Å². The van der Waals surface area contributed by atoms with Gasteiger partial charge in [-0.25, -0.2) is 4.79 Å². The number of aromatic nitrogens is 1. The number of fused-ring (bicyclic) bond motifs is 1. The van der Waals surface area contributed by atoms with Crippen LogP contribution < -0.4 is 5.73 Å². The zero-order valence-electron chi connectivity index (χ0n) is 15.8. The summed E-state index contributed by atoms with van der Waals surface area (Å²) in [6.07, 6.45) is 2.69. The van der Waals surface area contributed by atoms with Gasteiger partial charge >= 0.3 is 6.03 Å². The van der Waals surface area contributed by atoms with Crippen molar-refractivity contribution in [1.82, 2.24) is 14.4 Å². The van der Waals surface area contributed by atoms with Gasteiger partial charge in [-0.3, -0.25) is 4.79 Å². The van der Waals surface area contributed by atoms with E-state index in [9.17, 15) is 9.59 Å². The predicted octanol–water partition coefficient (Wildman–Crippen LogP) is 2.92. The van der Waals surface area contributed by atoms with E-state index >= 15 is 0 Å². The van der Waals surface area contributed by atoms with Crippen LogP contribution in [-0.2, 0) is 6.54 Å². The third-order valence-electron chi connectivity index (χ3n) is 5.31. The Morgan fingerprint density at radius 1 is 0.857 bits per heavy atom. The van der Waals surface area contributed by atoms with Crippen LogP contribution in [0.2, 0.25) is 0 Å². The topological polar surface area (TPSA) is 71.6 Å². The second-order valence-corrected chi connectivity index (χ2v) is 7.14. The quantitative estimate of drug-likeness (QED) is 0.763. The molecule has 0 saturated carbocycles. The lowest BCUT2D eigenvalue weighted by Gasteiger charge is -2.21. The van der Waals surface area contributed by atoms with Gasteiger partial charge in [-0.15, -0.1) is 0 Å². The Morgan fingerprint density at radius 3 is 2.32 bits per heavy atom. The highest BCUT2D eigenvalue weighted by atomic mass is 16.2. The van der Waals surface area contributed by atoms with E-state index in [-0.39, 0.29) is 5.91 Å². The summed E-state index contributed by atoms with van der Waals surface area (Å²) in [5.74, 6) is 0.00864. The SMILES string of the molecule is NC(=O)N1CCCN(C(=O)c2cn(Cc3ccccc3)c3ccccc23)CC1. The van der Waals surface area contributed by atoms with Gasteiger partial charge in [0.25, 0.3) is 5.91 Å². The first-order valence-electron chi connectivity index (χ1n) is 9.59. The van der Waals surface area contributed by atoms with Crippen LogP contribution >= 0.6 is 0 Å². The summed E-state index contributed by atoms with van der Waals surface area (Å²) in [6, 6.07) is 17.8. The first kappa shape index (κ1) is 18.1. The van der Waals surface area contributed by atoms with Crippen molar-refractivity contribution in [1.29, 1.82) is 0 Å². The molecular formula is C22H24N4O2. The van der Waals surface area contributed by atoms with E-state index in [4.69, 9.17) is 5.73 Å². The lowest BCUT2D eigenvalue weighted by atomic mass is 10.1. The Labute approximate surface area is 164 Å². The Balaban J connectivity index is 1.63. The van der Waals surface area contributed by atoms with Gasteiger partial charge in [0.15, 0.2) is 0 Å². The molecule has 1 aromatic heterocycles. The van der Waals surface area contributed by atoms with E-state index in [1.165, 1.54) is 5.56 Å². The lowest BCUT2D eigenvalue weighted by molar-refractivity contribution is 0.0764. The maximum absolute atomic E-state index is 13.3. The van der Waals surface area contributed by atoms with Gasteiger partial charge in [-0.05, 0) is 18.1 Å². The number of nitrogens with zero attached hydrogens (tertiary/aromatic N) is 3. The molecule has 1 fully saturated rings. The Bertz CT molecular complexity index is 996. The van der Waals surface area contributed by atoms with Crippen molar-refractivity contribution in [2.24, 2.45) is 5.73 Å². The third-order valence-corrected chi connectivity index (χ3v) is 5.31. The first-order valence-corrected chi connectivity index (χ1v) is 9.59. The maximum atomic E-state index is 13.3. The number of hydrogen-bond donors (Lipinski definition) is 1. The number of carbonyl (C=O) groups is 2. The Morgan fingerprint density at radius 2 is 1.54 bits per heavy atom. The fourth-order valence-corrected chi connectivity index (χ4v) is 3.84. The van der Waals surface area contributed by atoms with Gasteiger partial charge in [-0.1, -0.05) is 48.5 Å². The summed E-state index contributed by atoms with van der Waals surface area (Å²) >= 11 is 0. The Kier molecular flexibility index (Phi) is 5.02. The number of para-hydroxylation sites is 1. The van der Waals surface area contributed by atoms with Crippen LogP contribution in [0, 0.1) is 0 Å². The number of primary amides is 1. The number of nitrogens with two attached hydrogens (primary N) is 1. The minimum absolute atomic E-state index is 0.00864. The van der Waals surface area contributed by atoms with E-state index in [0.717, 1.165) is 17.3 Å². The van der Waals surface area contributed by atoms with Crippen molar-refractivity contribution in [3.8, 4) is 0 Å². The summed E-state index contributed by atoms with van der Waals surface area (Å²) in [5.41, 5.74) is 8.34. The molecule has 6 heteroatoms. The highest BCUT2D eigenvalue weighted by Crippen LogP contribution is 2.24. The molecule has 2 heterocycles. The molecule has 0 atom stereocenters. The number of amides is 3. The highest BCUT2D eigenvalue weighted by molar-refractivity contribution is 6.07. The molecule has 1 aliphatic rings. The molecule has 0 aliphatic carbocycles. The highest BCUT2D eigenvalue weighted by Gasteiger charge is 2.24. The molecule has 2 aromatic carbocycles. The van der Waals surface area contributed by atoms with Crippen LogP contribution in [-0.4, -0.2) is 52.5 Å². The molecule has 2 N–H and O–H groups in total. The van der Waals surface area contributed by atoms with Gasteiger partial charge < -0.3 is 20.1 Å². The molecule has 4 rings (SSSR count). The summed E-state index contributed by atoms with van der Waals surface area (Å²) < 4.78 is 2.13. The van der Waals surface area contributed by atoms with Crippen LogP contribution in [0.5, 0.6) is 0 Å². The van der Waals surface area contributed by atoms with Crippen molar-refractivity contribution in [3.05, 3.63) is 71.9 Å². The van der Waals surface area contributed by atoms with Gasteiger partial charge in [0.05, 0.1) is 5.56 Å². The second-order valence-electron chi connectivity index (χ2n) is 7.14. The van der Waals surface area contributed by atoms with E-state index in [1.54, 1.807) is 4.90 Å². The zero-order valence-corrected chi connectivity index (χ0v) is 15.8. The van der Waals surface area contributed by atoms with Crippen LogP contribution in [0.1, 0.15) is 22.3 Å². The predicted molar refractivity (Wildman–Crippen MR) is 109 cm³/mol. The second kappa shape index (κ2) is 7.76. The van der Waals surface area contributed by atoms with Crippen LogP contribution in [0.3, 0.4) is 0 Å². The van der Waals surface area contributed by atoms with Gasteiger partial charge in [0.2, 0.25) is 0 Å². The minimum atomic E-state index is -0.422. The summed E-state index contributed by atoms with van der Waals surface area (Å²) in [4.78, 5) is 28.2. The van der Waals surface area contributed by atoms with Crippen LogP contribution in [0.25, 0.3) is 10.9 Å². The third kappa shape index (κ3) is 3.58. The fourth-order valence-electron chi connectivity index (χ4n) is 3.84. The van der Waals surface area contributed by atoms with Crippen molar-refractivity contribution < 1.29 is 9.59 Å². The summed E-state index contributed by atoms with van der Waals surface area (Å²) in [6.45, 7) is 2.91. The molecule has 144 valence electrons. The molecule has 3 aromatic rings. The average Bonchev–Trinajstić information content (AvgIpc) is 2.90. The van der Waals surface area contributed by atoms with Crippen molar-refractivity contribution in [3.63, 3.8) is 0 Å². The molecular weight excluding hydrogens is 352 g/mol. The monoisotopic (exact) mass is 376 g/mol. The fraction of sp³-hybridized carbons (Fsp3) is 0.273. The molecule has 28 heavy (non-hydrogen) atoms. The summed E-state index contributed by atoms with van der Waals surface area (Å²) in [7, 11) is 0. The normalized spacial score (nSPS) is 14.9. The maximum Gasteiger partial charge on any atom is 0.314 e. The molecule has 6 nitrogen and oxygen atoms in total. The number of carbonyl (C=O) groups excluding carboxylic acids is 2. The number of hydrogen-bond acceptors (Lipinski definition) is 2. The zero-order chi connectivity index (χ0) is 19.5. The average molecular weight is 376 g/mol. The number of urea groups is 1. The van der Waals surface area contributed by atoms with E-state index < -0.39 is 6.03 Å². The minimum Gasteiger partial charge on any atom is -0.351 e. The van der Waals surface area contributed by atoms with Gasteiger partial charge in [0, 0.05) is 49.8 Å². The molecule has 0 unspecified atom stereocenters. The number of rotatable bonds is 3. The smallest absolute Gasteiger partial charge is 0.314 e. The standard InChI is InChI=1S/C22H24N4O2/c23-22(28)25-12-6-11-24(13-14-25)21(27)19-16-26(15-17-7-2-1-3-8-17)20-10-5-4-9-18(19)20/h1-5,7-10,16H,6,11-15H2,(H2,23,28). The molecule has 1 saturated heterocycles. The van der Waals surface area contributed by atoms with Gasteiger partial charge in [0.1, 0.15) is 0 Å². The molecule has 3 amide bonds. The van der Waals surface area contributed by atoms with Crippen molar-refractivity contribution in [2.75, 3.05) is 26.2 Å². The van der Waals surface area contributed by atoms with Crippen LogP contribution in [0.4, 0.5) is 4.79 Å². The van der Waals surface area contributed by atoms with Gasteiger partial charge in [-0.2, -0.15) is 0 Å². The van der Waals surface area contributed by atoms with Crippen molar-refractivity contribution in [2.45, 2.75) is 13.0 Å². The first-order chi connectivity index (χ1) is 13.6. The largest absolute Gasteiger partial charge is 0.351 e. The lowest BCUT2D eigenvalue weighted by Crippen LogP contribution is -2.39. The summed E-state index contributed by atoms with van der Waals surface area (Å²) in [5, 5.41) is 0.958. The number of benzene rings is 2. The van der Waals surface area contributed by atoms with E-state index in [0.29, 0.717) is 38.3 Å².